The van der Waals surface area contributed by atoms with E-state index in [1.165, 1.54) is 6.92 Å². The maximum Gasteiger partial charge on any atom is 0.338 e. The molecule has 4 atom stereocenters. The van der Waals surface area contributed by atoms with Crippen molar-refractivity contribution in [2.24, 2.45) is 0 Å². The Morgan fingerprint density at radius 2 is 0.978 bits per heavy atom. The largest absolute Gasteiger partial charge is 0.453 e. The zero-order valence-corrected chi connectivity index (χ0v) is 24.1. The van der Waals surface area contributed by atoms with Crippen LogP contribution in [0, 0.1) is 0 Å². The molecule has 2 aliphatic rings. The van der Waals surface area contributed by atoms with Gasteiger partial charge in [-0.3, -0.25) is 9.59 Å². The number of carbonyl (C=O) groups excluding carboxylic acids is 4. The second-order valence-corrected chi connectivity index (χ2v) is 10.5. The SMILES string of the molecule is CC(=O)Oc1ccc(-c2ccc(C(=O)OC3COC4C(OC(=O)c5ccc(-c6ccc(OC=O)cc6)cc5)COC34)cc2)cc1. The maximum absolute atomic E-state index is 12.9. The van der Waals surface area contributed by atoms with Gasteiger partial charge >= 0.3 is 17.9 Å². The first-order valence-electron chi connectivity index (χ1n) is 14.2. The molecule has 10 heteroatoms. The van der Waals surface area contributed by atoms with Gasteiger partial charge in [0.15, 0.2) is 12.2 Å². The first-order chi connectivity index (χ1) is 21.9. The molecule has 4 aromatic rings. The lowest BCUT2D eigenvalue weighted by atomic mass is 10.0. The third kappa shape index (κ3) is 6.77. The van der Waals surface area contributed by atoms with Crippen LogP contribution < -0.4 is 9.47 Å². The Balaban J connectivity index is 1.02. The van der Waals surface area contributed by atoms with E-state index in [1.807, 2.05) is 24.3 Å². The Labute approximate surface area is 258 Å². The fourth-order valence-electron chi connectivity index (χ4n) is 5.30. The highest BCUT2D eigenvalue weighted by Crippen LogP contribution is 2.32. The summed E-state index contributed by atoms with van der Waals surface area (Å²) in [6, 6.07) is 27.9. The molecule has 6 rings (SSSR count). The molecule has 4 aromatic carbocycles. The van der Waals surface area contributed by atoms with Crippen LogP contribution in [-0.4, -0.2) is 62.0 Å². The van der Waals surface area contributed by atoms with E-state index in [1.54, 1.807) is 72.8 Å². The molecule has 10 nitrogen and oxygen atoms in total. The van der Waals surface area contributed by atoms with Gasteiger partial charge in [-0.05, 0) is 70.8 Å². The van der Waals surface area contributed by atoms with Crippen LogP contribution in [0.25, 0.3) is 22.3 Å². The lowest BCUT2D eigenvalue weighted by Crippen LogP contribution is -2.36. The van der Waals surface area contributed by atoms with E-state index in [2.05, 4.69) is 0 Å². The normalized spacial score (nSPS) is 20.1. The van der Waals surface area contributed by atoms with E-state index in [0.717, 1.165) is 22.3 Å². The number of hydrogen-bond acceptors (Lipinski definition) is 10. The van der Waals surface area contributed by atoms with E-state index in [0.29, 0.717) is 29.1 Å². The molecule has 0 spiro atoms. The second kappa shape index (κ2) is 13.1. The molecule has 2 saturated heterocycles. The molecule has 0 saturated carbocycles. The topological polar surface area (TPSA) is 124 Å². The van der Waals surface area contributed by atoms with E-state index in [-0.39, 0.29) is 19.2 Å². The predicted octanol–water partition coefficient (Wildman–Crippen LogP) is 5.03. The molecule has 0 N–H and O–H groups in total. The van der Waals surface area contributed by atoms with E-state index in [9.17, 15) is 19.2 Å². The fraction of sp³-hybridized carbons (Fsp3) is 0.200. The lowest BCUT2D eigenvalue weighted by Gasteiger charge is -2.17. The monoisotopic (exact) mass is 608 g/mol. The number of esters is 3. The molecule has 2 heterocycles. The molecule has 2 aliphatic heterocycles. The Morgan fingerprint density at radius 1 is 0.600 bits per heavy atom. The average Bonchev–Trinajstić information content (AvgIpc) is 3.65. The summed E-state index contributed by atoms with van der Waals surface area (Å²) in [5, 5.41) is 0. The molecule has 228 valence electrons. The molecule has 0 aliphatic carbocycles. The smallest absolute Gasteiger partial charge is 0.338 e. The van der Waals surface area contributed by atoms with Gasteiger partial charge in [-0.15, -0.1) is 0 Å². The highest BCUT2D eigenvalue weighted by molar-refractivity contribution is 5.91. The van der Waals surface area contributed by atoms with Crippen LogP contribution >= 0.6 is 0 Å². The van der Waals surface area contributed by atoms with Crippen molar-refractivity contribution >= 4 is 24.4 Å². The molecule has 0 bridgehead atoms. The zero-order chi connectivity index (χ0) is 31.3. The van der Waals surface area contributed by atoms with Gasteiger partial charge in [-0.2, -0.15) is 0 Å². The van der Waals surface area contributed by atoms with Crippen molar-refractivity contribution in [3.8, 4) is 33.8 Å². The molecule has 45 heavy (non-hydrogen) atoms. The summed E-state index contributed by atoms with van der Waals surface area (Å²) in [4.78, 5) is 47.4. The van der Waals surface area contributed by atoms with Crippen LogP contribution in [0.1, 0.15) is 27.6 Å². The highest BCUT2D eigenvalue weighted by Gasteiger charge is 2.51. The summed E-state index contributed by atoms with van der Waals surface area (Å²) in [5.74, 6) is -0.531. The summed E-state index contributed by atoms with van der Waals surface area (Å²) < 4.78 is 33.0. The number of rotatable bonds is 9. The van der Waals surface area contributed by atoms with Gasteiger partial charge < -0.3 is 28.4 Å². The number of ether oxygens (including phenoxy) is 6. The van der Waals surface area contributed by atoms with Gasteiger partial charge in [0, 0.05) is 6.92 Å². The van der Waals surface area contributed by atoms with Crippen molar-refractivity contribution in [2.75, 3.05) is 13.2 Å². The summed E-state index contributed by atoms with van der Waals surface area (Å²) >= 11 is 0. The van der Waals surface area contributed by atoms with Crippen molar-refractivity contribution in [1.82, 2.24) is 0 Å². The molecule has 0 radical (unpaired) electrons. The fourth-order valence-corrected chi connectivity index (χ4v) is 5.30. The van der Waals surface area contributed by atoms with Crippen LogP contribution in [-0.2, 0) is 28.5 Å². The van der Waals surface area contributed by atoms with Gasteiger partial charge in [0.2, 0.25) is 0 Å². The van der Waals surface area contributed by atoms with Crippen molar-refractivity contribution in [3.05, 3.63) is 108 Å². The summed E-state index contributed by atoms with van der Waals surface area (Å²) in [5.41, 5.74) is 4.28. The summed E-state index contributed by atoms with van der Waals surface area (Å²) in [6.45, 7) is 1.95. The Kier molecular flexibility index (Phi) is 8.68. The van der Waals surface area contributed by atoms with Crippen molar-refractivity contribution in [1.29, 1.82) is 0 Å². The van der Waals surface area contributed by atoms with Gasteiger partial charge in [-0.25, -0.2) is 9.59 Å². The van der Waals surface area contributed by atoms with Gasteiger partial charge in [0.25, 0.3) is 6.47 Å². The van der Waals surface area contributed by atoms with E-state index in [4.69, 9.17) is 28.4 Å². The minimum Gasteiger partial charge on any atom is -0.453 e. The third-order valence-corrected chi connectivity index (χ3v) is 7.54. The molecule has 2 fully saturated rings. The maximum atomic E-state index is 12.9. The molecule has 0 amide bonds. The molecule has 0 aromatic heterocycles. The number of carbonyl (C=O) groups is 4. The highest BCUT2D eigenvalue weighted by atomic mass is 16.7. The van der Waals surface area contributed by atoms with Crippen molar-refractivity contribution < 1.29 is 47.6 Å². The van der Waals surface area contributed by atoms with Gasteiger partial charge in [0.05, 0.1) is 24.3 Å². The van der Waals surface area contributed by atoms with Crippen molar-refractivity contribution in [3.63, 3.8) is 0 Å². The standard InChI is InChI=1S/C35H28O10/c1-21(37)43-29-16-12-25(13-17-29)23-4-8-27(9-5-23)35(39)45-31-19-41-32-30(18-40-33(31)32)44-34(38)26-6-2-22(3-7-26)24-10-14-28(15-11-24)42-20-36/h2-17,20,30-33H,18-19H2,1H3. The van der Waals surface area contributed by atoms with E-state index < -0.39 is 36.4 Å². The van der Waals surface area contributed by atoms with Crippen LogP contribution in [0.3, 0.4) is 0 Å². The second-order valence-electron chi connectivity index (χ2n) is 10.5. The Bertz CT molecular complexity index is 1680. The third-order valence-electron chi connectivity index (χ3n) is 7.54. The Hall–Kier alpha value is -5.32. The first kappa shape index (κ1) is 29.7. The molecule has 4 unspecified atom stereocenters. The van der Waals surface area contributed by atoms with E-state index >= 15 is 0 Å². The van der Waals surface area contributed by atoms with Gasteiger partial charge in [0.1, 0.15) is 23.7 Å². The number of hydrogen-bond donors (Lipinski definition) is 0. The van der Waals surface area contributed by atoms with Crippen LogP contribution in [0.4, 0.5) is 0 Å². The summed E-state index contributed by atoms with van der Waals surface area (Å²) in [7, 11) is 0. The zero-order valence-electron chi connectivity index (χ0n) is 24.1. The molecular formula is C35H28O10. The van der Waals surface area contributed by atoms with Gasteiger partial charge in [-0.1, -0.05) is 48.5 Å². The molecular weight excluding hydrogens is 580 g/mol. The number of fused-ring (bicyclic) bond motifs is 1. The first-order valence-corrected chi connectivity index (χ1v) is 14.2. The average molecular weight is 609 g/mol. The quantitative estimate of drug-likeness (QED) is 0.145. The van der Waals surface area contributed by atoms with Crippen LogP contribution in [0.15, 0.2) is 97.1 Å². The minimum atomic E-state index is -0.651. The lowest BCUT2D eigenvalue weighted by molar-refractivity contribution is -0.131. The minimum absolute atomic E-state index is 0.118. The number of benzene rings is 4. The predicted molar refractivity (Wildman–Crippen MR) is 160 cm³/mol. The van der Waals surface area contributed by atoms with Crippen molar-refractivity contribution in [2.45, 2.75) is 31.3 Å². The summed E-state index contributed by atoms with van der Waals surface area (Å²) in [6.07, 6.45) is -2.42. The Morgan fingerprint density at radius 3 is 1.36 bits per heavy atom. The van der Waals surface area contributed by atoms with Crippen LogP contribution in [0.5, 0.6) is 11.5 Å². The van der Waals surface area contributed by atoms with Crippen LogP contribution in [0.2, 0.25) is 0 Å².